The SMILES string of the molecule is Cc1cc(F)c2[nH]c(C)c(C)c2c1. The number of fused-ring (bicyclic) bond motifs is 1. The molecule has 1 N–H and O–H groups in total. The van der Waals surface area contributed by atoms with Crippen LogP contribution in [0.25, 0.3) is 10.9 Å². The minimum absolute atomic E-state index is 0.161. The average molecular weight is 177 g/mol. The lowest BCUT2D eigenvalue weighted by atomic mass is 10.1. The molecule has 1 aromatic heterocycles. The molecule has 0 radical (unpaired) electrons. The Balaban J connectivity index is 2.94. The lowest BCUT2D eigenvalue weighted by Crippen LogP contribution is -1.80. The maximum Gasteiger partial charge on any atom is 0.147 e. The Morgan fingerprint density at radius 3 is 2.54 bits per heavy atom. The first-order valence-electron chi connectivity index (χ1n) is 4.34. The lowest BCUT2D eigenvalue weighted by molar-refractivity contribution is 0.636. The largest absolute Gasteiger partial charge is 0.356 e. The molecule has 0 spiro atoms. The Labute approximate surface area is 76.6 Å². The number of aryl methyl sites for hydroxylation is 3. The summed E-state index contributed by atoms with van der Waals surface area (Å²) in [5.74, 6) is -0.161. The number of benzene rings is 1. The summed E-state index contributed by atoms with van der Waals surface area (Å²) in [5.41, 5.74) is 3.77. The van der Waals surface area contributed by atoms with Gasteiger partial charge < -0.3 is 4.98 Å². The number of H-pyrrole nitrogens is 1. The summed E-state index contributed by atoms with van der Waals surface area (Å²) in [7, 11) is 0. The molecule has 13 heavy (non-hydrogen) atoms. The average Bonchev–Trinajstić information content (AvgIpc) is 2.32. The predicted octanol–water partition coefficient (Wildman–Crippen LogP) is 3.23. The number of rotatable bonds is 0. The molecule has 0 amide bonds. The van der Waals surface area contributed by atoms with Gasteiger partial charge in [0.2, 0.25) is 0 Å². The van der Waals surface area contributed by atoms with Crippen LogP contribution in [0.1, 0.15) is 16.8 Å². The fourth-order valence-electron chi connectivity index (χ4n) is 1.65. The Bertz CT molecular complexity index is 468. The third-order valence-corrected chi connectivity index (χ3v) is 2.51. The number of nitrogens with one attached hydrogen (secondary N) is 1. The van der Waals surface area contributed by atoms with Gasteiger partial charge in [-0.25, -0.2) is 4.39 Å². The van der Waals surface area contributed by atoms with Crippen molar-refractivity contribution in [2.75, 3.05) is 0 Å². The number of hydrogen-bond acceptors (Lipinski definition) is 0. The molecule has 0 aliphatic heterocycles. The van der Waals surface area contributed by atoms with Gasteiger partial charge in [0.25, 0.3) is 0 Å². The van der Waals surface area contributed by atoms with Crippen molar-refractivity contribution in [1.82, 2.24) is 4.98 Å². The van der Waals surface area contributed by atoms with Gasteiger partial charge in [0.05, 0.1) is 5.52 Å². The van der Waals surface area contributed by atoms with Crippen molar-refractivity contribution >= 4 is 10.9 Å². The number of hydrogen-bond donors (Lipinski definition) is 1. The van der Waals surface area contributed by atoms with Crippen LogP contribution >= 0.6 is 0 Å². The van der Waals surface area contributed by atoms with Gasteiger partial charge in [0.1, 0.15) is 5.82 Å². The van der Waals surface area contributed by atoms with Crippen molar-refractivity contribution in [1.29, 1.82) is 0 Å². The van der Waals surface area contributed by atoms with E-state index in [-0.39, 0.29) is 5.82 Å². The Morgan fingerprint density at radius 2 is 1.85 bits per heavy atom. The molecule has 68 valence electrons. The molecule has 0 aliphatic carbocycles. The number of aromatic amines is 1. The lowest BCUT2D eigenvalue weighted by Gasteiger charge is -1.96. The van der Waals surface area contributed by atoms with Crippen LogP contribution in [0.5, 0.6) is 0 Å². The first kappa shape index (κ1) is 8.30. The molecular weight excluding hydrogens is 165 g/mol. The second-order valence-electron chi connectivity index (χ2n) is 3.54. The van der Waals surface area contributed by atoms with Crippen LogP contribution in [0, 0.1) is 26.6 Å². The molecule has 1 heterocycles. The normalized spacial score (nSPS) is 11.1. The quantitative estimate of drug-likeness (QED) is 0.635. The first-order chi connectivity index (χ1) is 6.09. The third kappa shape index (κ3) is 1.13. The molecule has 0 unspecified atom stereocenters. The highest BCUT2D eigenvalue weighted by atomic mass is 19.1. The highest BCUT2D eigenvalue weighted by Crippen LogP contribution is 2.24. The topological polar surface area (TPSA) is 15.8 Å². The zero-order valence-electron chi connectivity index (χ0n) is 8.03. The molecule has 0 saturated heterocycles. The van der Waals surface area contributed by atoms with Crippen LogP contribution in [0.4, 0.5) is 4.39 Å². The van der Waals surface area contributed by atoms with Crippen LogP contribution in [0.15, 0.2) is 12.1 Å². The Kier molecular flexibility index (Phi) is 1.65. The van der Waals surface area contributed by atoms with Crippen molar-refractivity contribution < 1.29 is 4.39 Å². The molecule has 0 atom stereocenters. The molecule has 0 saturated carbocycles. The van der Waals surface area contributed by atoms with E-state index in [1.54, 1.807) is 6.07 Å². The first-order valence-corrected chi connectivity index (χ1v) is 4.34. The van der Waals surface area contributed by atoms with E-state index < -0.39 is 0 Å². The molecule has 2 aromatic rings. The minimum Gasteiger partial charge on any atom is -0.356 e. The van der Waals surface area contributed by atoms with E-state index in [2.05, 4.69) is 4.98 Å². The summed E-state index contributed by atoms with van der Waals surface area (Å²) < 4.78 is 13.4. The van der Waals surface area contributed by atoms with Gasteiger partial charge in [-0.05, 0) is 44.0 Å². The minimum atomic E-state index is -0.161. The van der Waals surface area contributed by atoms with E-state index in [0.29, 0.717) is 5.52 Å². The maximum absolute atomic E-state index is 13.4. The third-order valence-electron chi connectivity index (χ3n) is 2.51. The van der Waals surface area contributed by atoms with Crippen LogP contribution in [-0.2, 0) is 0 Å². The zero-order chi connectivity index (χ0) is 9.59. The molecule has 1 aromatic carbocycles. The van der Waals surface area contributed by atoms with E-state index >= 15 is 0 Å². The van der Waals surface area contributed by atoms with E-state index in [1.807, 2.05) is 26.8 Å². The van der Waals surface area contributed by atoms with Crippen molar-refractivity contribution in [2.45, 2.75) is 20.8 Å². The van der Waals surface area contributed by atoms with Gasteiger partial charge in [0.15, 0.2) is 0 Å². The second-order valence-corrected chi connectivity index (χ2v) is 3.54. The van der Waals surface area contributed by atoms with E-state index in [1.165, 1.54) is 0 Å². The smallest absolute Gasteiger partial charge is 0.147 e. The Hall–Kier alpha value is -1.31. The van der Waals surface area contributed by atoms with Crippen LogP contribution in [-0.4, -0.2) is 4.98 Å². The molecule has 2 rings (SSSR count). The number of aromatic nitrogens is 1. The summed E-state index contributed by atoms with van der Waals surface area (Å²) >= 11 is 0. The fraction of sp³-hybridized carbons (Fsp3) is 0.273. The summed E-state index contributed by atoms with van der Waals surface area (Å²) in [6, 6.07) is 3.56. The molecule has 1 nitrogen and oxygen atoms in total. The highest BCUT2D eigenvalue weighted by Gasteiger charge is 2.08. The van der Waals surface area contributed by atoms with Crippen molar-refractivity contribution in [3.8, 4) is 0 Å². The molecule has 0 fully saturated rings. The predicted molar refractivity (Wildman–Crippen MR) is 52.5 cm³/mol. The zero-order valence-corrected chi connectivity index (χ0v) is 8.03. The maximum atomic E-state index is 13.4. The Morgan fingerprint density at radius 1 is 1.15 bits per heavy atom. The van der Waals surface area contributed by atoms with Crippen molar-refractivity contribution in [2.24, 2.45) is 0 Å². The number of halogens is 1. The molecular formula is C11H12FN. The van der Waals surface area contributed by atoms with Gasteiger partial charge in [-0.3, -0.25) is 0 Å². The van der Waals surface area contributed by atoms with Gasteiger partial charge in [-0.15, -0.1) is 0 Å². The molecule has 0 aliphatic rings. The highest BCUT2D eigenvalue weighted by molar-refractivity contribution is 5.85. The summed E-state index contributed by atoms with van der Waals surface area (Å²) in [6.07, 6.45) is 0. The van der Waals surface area contributed by atoms with Crippen LogP contribution in [0.3, 0.4) is 0 Å². The molecule has 2 heteroatoms. The second kappa shape index (κ2) is 2.59. The summed E-state index contributed by atoms with van der Waals surface area (Å²) in [4.78, 5) is 3.05. The van der Waals surface area contributed by atoms with Gasteiger partial charge in [0, 0.05) is 11.1 Å². The van der Waals surface area contributed by atoms with E-state index in [9.17, 15) is 4.39 Å². The van der Waals surface area contributed by atoms with Crippen LogP contribution in [0.2, 0.25) is 0 Å². The van der Waals surface area contributed by atoms with Crippen molar-refractivity contribution in [3.05, 3.63) is 34.8 Å². The van der Waals surface area contributed by atoms with Crippen LogP contribution < -0.4 is 0 Å². The summed E-state index contributed by atoms with van der Waals surface area (Å²) in [5, 5.41) is 0.995. The van der Waals surface area contributed by atoms with E-state index in [0.717, 1.165) is 22.2 Å². The summed E-state index contributed by atoms with van der Waals surface area (Å²) in [6.45, 7) is 5.88. The van der Waals surface area contributed by atoms with Gasteiger partial charge >= 0.3 is 0 Å². The van der Waals surface area contributed by atoms with Gasteiger partial charge in [-0.1, -0.05) is 0 Å². The van der Waals surface area contributed by atoms with E-state index in [4.69, 9.17) is 0 Å². The van der Waals surface area contributed by atoms with Crippen molar-refractivity contribution in [3.63, 3.8) is 0 Å². The fourth-order valence-corrected chi connectivity index (χ4v) is 1.65. The van der Waals surface area contributed by atoms with Gasteiger partial charge in [-0.2, -0.15) is 0 Å². The standard InChI is InChI=1S/C11H12FN/c1-6-4-9-7(2)8(3)13-11(9)10(12)5-6/h4-5,13H,1-3H3. The monoisotopic (exact) mass is 177 g/mol. The molecule has 0 bridgehead atoms.